The van der Waals surface area contributed by atoms with Crippen LogP contribution in [0.5, 0.6) is 5.75 Å². The molecule has 6 nitrogen and oxygen atoms in total. The molecule has 3 aromatic carbocycles. The van der Waals surface area contributed by atoms with Crippen LogP contribution in [0.15, 0.2) is 82.4 Å². The topological polar surface area (TPSA) is 57.1 Å². The SMILES string of the molecule is COc1ccc2c3ccccc3n3c(=O)n(-c4ccccc4)c(=O)n3c2c1. The molecule has 0 saturated carbocycles. The van der Waals surface area contributed by atoms with Crippen LogP contribution in [-0.2, 0) is 0 Å². The Labute approximate surface area is 153 Å². The Balaban J connectivity index is 2.11. The Morgan fingerprint density at radius 3 is 2.07 bits per heavy atom. The van der Waals surface area contributed by atoms with Crippen molar-refractivity contribution in [3.05, 3.63) is 93.8 Å². The van der Waals surface area contributed by atoms with Crippen LogP contribution in [0.25, 0.3) is 27.5 Å². The molecule has 0 N–H and O–H groups in total. The first kappa shape index (κ1) is 15.5. The molecule has 0 amide bonds. The van der Waals surface area contributed by atoms with Gasteiger partial charge in [0.05, 0.1) is 23.8 Å². The van der Waals surface area contributed by atoms with Gasteiger partial charge in [-0.25, -0.2) is 14.2 Å². The van der Waals surface area contributed by atoms with Crippen molar-refractivity contribution in [2.45, 2.75) is 0 Å². The summed E-state index contributed by atoms with van der Waals surface area (Å²) >= 11 is 0. The molecule has 2 heterocycles. The first-order valence-electron chi connectivity index (χ1n) is 8.51. The number of hydrogen-bond donors (Lipinski definition) is 0. The van der Waals surface area contributed by atoms with Crippen molar-refractivity contribution in [3.63, 3.8) is 0 Å². The molecule has 0 atom stereocenters. The summed E-state index contributed by atoms with van der Waals surface area (Å²) in [4.78, 5) is 26.5. The normalized spacial score (nSPS) is 11.4. The van der Waals surface area contributed by atoms with Gasteiger partial charge in [-0.2, -0.15) is 9.03 Å². The maximum atomic E-state index is 13.3. The number of benzene rings is 3. The van der Waals surface area contributed by atoms with Gasteiger partial charge in [0.2, 0.25) is 0 Å². The Morgan fingerprint density at radius 2 is 1.33 bits per heavy atom. The lowest BCUT2D eigenvalue weighted by Crippen LogP contribution is -2.25. The zero-order valence-corrected chi connectivity index (χ0v) is 14.5. The van der Waals surface area contributed by atoms with Gasteiger partial charge in [-0.3, -0.25) is 0 Å². The second-order valence-corrected chi connectivity index (χ2v) is 6.26. The Hall–Kier alpha value is -3.80. The molecule has 5 aromatic rings. The Bertz CT molecular complexity index is 1440. The highest BCUT2D eigenvalue weighted by Gasteiger charge is 2.18. The fourth-order valence-electron chi connectivity index (χ4n) is 3.59. The van der Waals surface area contributed by atoms with Crippen LogP contribution in [-0.4, -0.2) is 20.7 Å². The van der Waals surface area contributed by atoms with E-state index >= 15 is 0 Å². The van der Waals surface area contributed by atoms with E-state index in [0.29, 0.717) is 22.5 Å². The van der Waals surface area contributed by atoms with Gasteiger partial charge < -0.3 is 4.74 Å². The molecule has 2 aromatic heterocycles. The molecule has 0 saturated heterocycles. The molecular formula is C21H15N3O3. The number of methoxy groups -OCH3 is 1. The molecule has 132 valence electrons. The fraction of sp³-hybridized carbons (Fsp3) is 0.0476. The van der Waals surface area contributed by atoms with E-state index in [9.17, 15) is 9.59 Å². The van der Waals surface area contributed by atoms with E-state index in [1.807, 2.05) is 42.5 Å². The van der Waals surface area contributed by atoms with Gasteiger partial charge in [-0.1, -0.05) is 36.4 Å². The van der Waals surface area contributed by atoms with Gasteiger partial charge >= 0.3 is 11.4 Å². The number of aromatic nitrogens is 3. The summed E-state index contributed by atoms with van der Waals surface area (Å²) in [5.41, 5.74) is 0.989. The molecule has 6 heteroatoms. The smallest absolute Gasteiger partial charge is 0.356 e. The zero-order chi connectivity index (χ0) is 18.5. The lowest BCUT2D eigenvalue weighted by Gasteiger charge is -2.09. The summed E-state index contributed by atoms with van der Waals surface area (Å²) in [6, 6.07) is 22.0. The Kier molecular flexibility index (Phi) is 3.21. The highest BCUT2D eigenvalue weighted by atomic mass is 16.5. The van der Waals surface area contributed by atoms with E-state index < -0.39 is 11.4 Å². The fourth-order valence-corrected chi connectivity index (χ4v) is 3.59. The Morgan fingerprint density at radius 1 is 0.704 bits per heavy atom. The maximum Gasteiger partial charge on any atom is 0.356 e. The van der Waals surface area contributed by atoms with Gasteiger partial charge in [0.25, 0.3) is 0 Å². The predicted molar refractivity (Wildman–Crippen MR) is 104 cm³/mol. The van der Waals surface area contributed by atoms with Gasteiger partial charge in [0.1, 0.15) is 5.75 Å². The minimum absolute atomic E-state index is 0.410. The summed E-state index contributed by atoms with van der Waals surface area (Å²) in [7, 11) is 1.57. The molecule has 0 unspecified atom stereocenters. The third-order valence-corrected chi connectivity index (χ3v) is 4.81. The van der Waals surface area contributed by atoms with Crippen LogP contribution in [0.1, 0.15) is 0 Å². The number of ether oxygens (including phenoxy) is 1. The van der Waals surface area contributed by atoms with E-state index in [0.717, 1.165) is 10.8 Å². The zero-order valence-electron chi connectivity index (χ0n) is 14.5. The summed E-state index contributed by atoms with van der Waals surface area (Å²) in [6.07, 6.45) is 0. The minimum atomic E-state index is -0.421. The van der Waals surface area contributed by atoms with Gasteiger partial charge in [0.15, 0.2) is 0 Å². The number of fused-ring (bicyclic) bond motifs is 6. The van der Waals surface area contributed by atoms with Gasteiger partial charge in [0, 0.05) is 16.8 Å². The van der Waals surface area contributed by atoms with Crippen molar-refractivity contribution in [2.24, 2.45) is 0 Å². The van der Waals surface area contributed by atoms with Crippen molar-refractivity contribution in [1.82, 2.24) is 13.6 Å². The van der Waals surface area contributed by atoms with Crippen molar-refractivity contribution in [3.8, 4) is 11.4 Å². The van der Waals surface area contributed by atoms with E-state index in [2.05, 4.69) is 0 Å². The summed E-state index contributed by atoms with van der Waals surface area (Å²) < 4.78 is 9.36. The first-order valence-corrected chi connectivity index (χ1v) is 8.51. The molecule has 27 heavy (non-hydrogen) atoms. The lowest BCUT2D eigenvalue weighted by molar-refractivity contribution is 0.415. The third-order valence-electron chi connectivity index (χ3n) is 4.81. The molecule has 0 aliphatic heterocycles. The third kappa shape index (κ3) is 2.07. The van der Waals surface area contributed by atoms with Crippen LogP contribution in [0.2, 0.25) is 0 Å². The van der Waals surface area contributed by atoms with Crippen LogP contribution in [0, 0.1) is 0 Å². The van der Waals surface area contributed by atoms with Gasteiger partial charge in [-0.05, 0) is 30.3 Å². The molecule has 0 spiro atoms. The second kappa shape index (κ2) is 5.60. The lowest BCUT2D eigenvalue weighted by atomic mass is 10.1. The average Bonchev–Trinajstić information content (AvgIpc) is 2.99. The van der Waals surface area contributed by atoms with Crippen molar-refractivity contribution < 1.29 is 4.74 Å². The summed E-state index contributed by atoms with van der Waals surface area (Å²) in [5.74, 6) is 0.617. The molecule has 0 bridgehead atoms. The molecular weight excluding hydrogens is 342 g/mol. The average molecular weight is 357 g/mol. The second-order valence-electron chi connectivity index (χ2n) is 6.26. The summed E-state index contributed by atoms with van der Waals surface area (Å²) in [6.45, 7) is 0. The maximum absolute atomic E-state index is 13.3. The quantitative estimate of drug-likeness (QED) is 0.457. The van der Waals surface area contributed by atoms with Crippen LogP contribution in [0.4, 0.5) is 0 Å². The molecule has 0 aliphatic carbocycles. The number of rotatable bonds is 2. The number of hydrogen-bond acceptors (Lipinski definition) is 3. The van der Waals surface area contributed by atoms with Gasteiger partial charge in [-0.15, -0.1) is 0 Å². The molecule has 0 fully saturated rings. The largest absolute Gasteiger partial charge is 0.497 e. The van der Waals surface area contributed by atoms with Crippen LogP contribution >= 0.6 is 0 Å². The van der Waals surface area contributed by atoms with Crippen molar-refractivity contribution >= 4 is 21.8 Å². The number of para-hydroxylation sites is 2. The van der Waals surface area contributed by atoms with Crippen molar-refractivity contribution in [1.29, 1.82) is 0 Å². The standard InChI is InChI=1S/C21H15N3O3/c1-27-15-11-12-17-16-9-5-6-10-18(16)23-20(25)22(14-7-3-2-4-8-14)21(26)24(23)19(17)13-15/h2-13H,1H3. The molecule has 5 rings (SSSR count). The highest BCUT2D eigenvalue weighted by molar-refractivity contribution is 6.04. The predicted octanol–water partition coefficient (Wildman–Crippen LogP) is 2.86. The van der Waals surface area contributed by atoms with E-state index in [1.54, 1.807) is 37.4 Å². The summed E-state index contributed by atoms with van der Waals surface area (Å²) in [5, 5.41) is 1.76. The molecule has 0 aliphatic rings. The van der Waals surface area contributed by atoms with E-state index in [4.69, 9.17) is 4.74 Å². The van der Waals surface area contributed by atoms with Crippen LogP contribution < -0.4 is 16.1 Å². The van der Waals surface area contributed by atoms with E-state index in [1.165, 1.54) is 13.6 Å². The first-order chi connectivity index (χ1) is 13.2. The molecule has 0 radical (unpaired) electrons. The highest BCUT2D eigenvalue weighted by Crippen LogP contribution is 2.26. The van der Waals surface area contributed by atoms with Crippen LogP contribution in [0.3, 0.4) is 0 Å². The minimum Gasteiger partial charge on any atom is -0.497 e. The van der Waals surface area contributed by atoms with Crippen molar-refractivity contribution in [2.75, 3.05) is 7.11 Å². The monoisotopic (exact) mass is 357 g/mol. The van der Waals surface area contributed by atoms with E-state index in [-0.39, 0.29) is 0 Å². The number of nitrogens with zero attached hydrogens (tertiary/aromatic N) is 3.